The molecular weight excluding hydrogens is 354 g/mol. The number of thiophene rings is 1. The number of ether oxygens (including phenoxy) is 3. The summed E-state index contributed by atoms with van der Waals surface area (Å²) in [5, 5.41) is 8.13. The Bertz CT molecular complexity index is 923. The van der Waals surface area contributed by atoms with Crippen LogP contribution < -0.4 is 19.9 Å². The summed E-state index contributed by atoms with van der Waals surface area (Å²) >= 11 is 1.54. The lowest BCUT2D eigenvalue weighted by Crippen LogP contribution is -2.10. The standard InChI is InChI=1S/C18H19N3O4S/c1-10(22)21-16(15(18(19)20-21)11-5-6-26-9-11)12-7-13(23-2)17(25-4)14(8-12)24-3/h5-9H,1-4H3,(H2,19,20). The van der Waals surface area contributed by atoms with Crippen LogP contribution in [0.25, 0.3) is 22.4 Å². The number of hydrogen-bond acceptors (Lipinski definition) is 7. The highest BCUT2D eigenvalue weighted by atomic mass is 32.1. The number of carbonyl (C=O) groups excluding carboxylic acids is 1. The first kappa shape index (κ1) is 17.8. The maximum absolute atomic E-state index is 12.2. The number of hydrogen-bond donors (Lipinski definition) is 1. The highest BCUT2D eigenvalue weighted by Gasteiger charge is 2.24. The molecule has 0 bridgehead atoms. The van der Waals surface area contributed by atoms with E-state index in [0.717, 1.165) is 5.56 Å². The normalized spacial score (nSPS) is 10.6. The third kappa shape index (κ3) is 2.88. The van der Waals surface area contributed by atoms with Crippen molar-refractivity contribution in [1.82, 2.24) is 9.78 Å². The molecule has 1 aromatic carbocycles. The maximum atomic E-state index is 12.2. The van der Waals surface area contributed by atoms with Gasteiger partial charge in [0.1, 0.15) is 0 Å². The minimum absolute atomic E-state index is 0.248. The van der Waals surface area contributed by atoms with Gasteiger partial charge in [0.05, 0.1) is 32.6 Å². The number of rotatable bonds is 5. The van der Waals surface area contributed by atoms with Crippen LogP contribution in [0.1, 0.15) is 11.7 Å². The zero-order chi connectivity index (χ0) is 18.8. The maximum Gasteiger partial charge on any atom is 0.244 e. The van der Waals surface area contributed by atoms with Crippen LogP contribution in [0.2, 0.25) is 0 Å². The first-order valence-corrected chi connectivity index (χ1v) is 8.68. The van der Waals surface area contributed by atoms with Gasteiger partial charge in [0.25, 0.3) is 0 Å². The van der Waals surface area contributed by atoms with Crippen LogP contribution in [0.5, 0.6) is 17.2 Å². The fraction of sp³-hybridized carbons (Fsp3) is 0.222. The SMILES string of the molecule is COc1cc(-c2c(-c3ccsc3)c(N)nn2C(C)=O)cc(OC)c1OC. The second kappa shape index (κ2) is 7.09. The van der Waals surface area contributed by atoms with Crippen molar-refractivity contribution in [2.24, 2.45) is 0 Å². The largest absolute Gasteiger partial charge is 0.493 e. The van der Waals surface area contributed by atoms with E-state index in [-0.39, 0.29) is 11.7 Å². The number of aromatic nitrogens is 2. The molecule has 0 saturated carbocycles. The van der Waals surface area contributed by atoms with E-state index in [1.165, 1.54) is 44.3 Å². The Kier molecular flexibility index (Phi) is 4.85. The predicted octanol–water partition coefficient (Wildman–Crippen LogP) is 3.55. The van der Waals surface area contributed by atoms with Crippen LogP contribution in [0.3, 0.4) is 0 Å². The molecule has 26 heavy (non-hydrogen) atoms. The van der Waals surface area contributed by atoms with E-state index in [9.17, 15) is 4.79 Å². The molecule has 0 aliphatic heterocycles. The molecule has 3 rings (SSSR count). The summed E-state index contributed by atoms with van der Waals surface area (Å²) < 4.78 is 17.5. The van der Waals surface area contributed by atoms with E-state index < -0.39 is 0 Å². The first-order valence-electron chi connectivity index (χ1n) is 7.74. The molecule has 0 aliphatic rings. The Hall–Kier alpha value is -3.00. The summed E-state index contributed by atoms with van der Waals surface area (Å²) in [6, 6.07) is 5.48. The second-order valence-electron chi connectivity index (χ2n) is 5.47. The number of anilines is 1. The van der Waals surface area contributed by atoms with Gasteiger partial charge in [-0.05, 0) is 34.5 Å². The molecule has 0 unspecified atom stereocenters. The fourth-order valence-electron chi connectivity index (χ4n) is 2.84. The Morgan fingerprint density at radius 2 is 1.77 bits per heavy atom. The lowest BCUT2D eigenvalue weighted by molar-refractivity contribution is 0.0923. The Balaban J connectivity index is 2.35. The van der Waals surface area contributed by atoms with E-state index in [1.807, 2.05) is 16.8 Å². The molecule has 2 heterocycles. The van der Waals surface area contributed by atoms with Gasteiger partial charge in [0, 0.05) is 12.5 Å². The predicted molar refractivity (Wildman–Crippen MR) is 101 cm³/mol. The zero-order valence-corrected chi connectivity index (χ0v) is 15.7. The molecule has 0 atom stereocenters. The van der Waals surface area contributed by atoms with Crippen LogP contribution in [0.15, 0.2) is 29.0 Å². The molecule has 0 spiro atoms. The second-order valence-corrected chi connectivity index (χ2v) is 6.25. The number of carbonyl (C=O) groups is 1. The van der Waals surface area contributed by atoms with E-state index in [2.05, 4.69) is 5.10 Å². The summed E-state index contributed by atoms with van der Waals surface area (Å²) in [6.45, 7) is 1.44. The highest BCUT2D eigenvalue weighted by Crippen LogP contribution is 2.44. The fourth-order valence-corrected chi connectivity index (χ4v) is 3.49. The molecule has 0 aliphatic carbocycles. The summed E-state index contributed by atoms with van der Waals surface area (Å²) in [6.07, 6.45) is 0. The number of methoxy groups -OCH3 is 3. The molecule has 0 radical (unpaired) electrons. The van der Waals surface area contributed by atoms with Crippen molar-refractivity contribution >= 4 is 23.1 Å². The molecule has 7 nitrogen and oxygen atoms in total. The van der Waals surface area contributed by atoms with Crippen LogP contribution in [0, 0.1) is 0 Å². The van der Waals surface area contributed by atoms with Gasteiger partial charge in [-0.25, -0.2) is 0 Å². The average molecular weight is 373 g/mol. The quantitative estimate of drug-likeness (QED) is 0.736. The molecular formula is C18H19N3O4S. The van der Waals surface area contributed by atoms with E-state index in [1.54, 1.807) is 12.1 Å². The van der Waals surface area contributed by atoms with Crippen molar-refractivity contribution in [3.05, 3.63) is 29.0 Å². The molecule has 0 amide bonds. The van der Waals surface area contributed by atoms with Gasteiger partial charge in [-0.3, -0.25) is 4.79 Å². The van der Waals surface area contributed by atoms with Crippen molar-refractivity contribution in [2.75, 3.05) is 27.1 Å². The highest BCUT2D eigenvalue weighted by molar-refractivity contribution is 7.08. The summed E-state index contributed by atoms with van der Waals surface area (Å²) in [4.78, 5) is 12.2. The molecule has 0 fully saturated rings. The van der Waals surface area contributed by atoms with Gasteiger partial charge in [-0.1, -0.05) is 0 Å². The summed E-state index contributed by atoms with van der Waals surface area (Å²) in [5.74, 6) is 1.46. The molecule has 2 aromatic heterocycles. The molecule has 3 aromatic rings. The Labute approximate surface area is 154 Å². The van der Waals surface area contributed by atoms with Crippen LogP contribution in [0.4, 0.5) is 5.82 Å². The van der Waals surface area contributed by atoms with Crippen LogP contribution in [-0.2, 0) is 0 Å². The van der Waals surface area contributed by atoms with Gasteiger partial charge in [-0.2, -0.15) is 16.0 Å². The van der Waals surface area contributed by atoms with Crippen molar-refractivity contribution in [3.63, 3.8) is 0 Å². The minimum atomic E-state index is -0.248. The van der Waals surface area contributed by atoms with Gasteiger partial charge in [0.15, 0.2) is 17.3 Å². The van der Waals surface area contributed by atoms with E-state index in [0.29, 0.717) is 34.1 Å². The van der Waals surface area contributed by atoms with Crippen molar-refractivity contribution in [1.29, 1.82) is 0 Å². The Morgan fingerprint density at radius 1 is 1.12 bits per heavy atom. The minimum Gasteiger partial charge on any atom is -0.493 e. The first-order chi connectivity index (χ1) is 12.5. The number of nitrogen functional groups attached to an aromatic ring is 1. The van der Waals surface area contributed by atoms with Gasteiger partial charge < -0.3 is 19.9 Å². The molecule has 2 N–H and O–H groups in total. The summed E-state index contributed by atoms with van der Waals surface area (Å²) in [5.41, 5.74) is 8.98. The number of nitrogens with two attached hydrogens (primary N) is 1. The molecule has 8 heteroatoms. The van der Waals surface area contributed by atoms with Crippen LogP contribution in [-0.4, -0.2) is 37.0 Å². The van der Waals surface area contributed by atoms with Gasteiger partial charge in [-0.15, -0.1) is 5.10 Å². The zero-order valence-electron chi connectivity index (χ0n) is 14.9. The topological polar surface area (TPSA) is 88.6 Å². The van der Waals surface area contributed by atoms with Crippen molar-refractivity contribution in [3.8, 4) is 39.6 Å². The van der Waals surface area contributed by atoms with Gasteiger partial charge >= 0.3 is 0 Å². The molecule has 0 saturated heterocycles. The lowest BCUT2D eigenvalue weighted by atomic mass is 10.0. The van der Waals surface area contributed by atoms with Crippen LogP contribution >= 0.6 is 11.3 Å². The number of benzene rings is 1. The third-order valence-electron chi connectivity index (χ3n) is 3.96. The third-order valence-corrected chi connectivity index (χ3v) is 4.64. The summed E-state index contributed by atoms with van der Waals surface area (Å²) in [7, 11) is 4.61. The smallest absolute Gasteiger partial charge is 0.244 e. The molecule has 136 valence electrons. The van der Waals surface area contributed by atoms with E-state index >= 15 is 0 Å². The monoisotopic (exact) mass is 373 g/mol. The number of nitrogens with zero attached hydrogens (tertiary/aromatic N) is 2. The Morgan fingerprint density at radius 3 is 2.23 bits per heavy atom. The average Bonchev–Trinajstić information content (AvgIpc) is 3.27. The van der Waals surface area contributed by atoms with Gasteiger partial charge in [0.2, 0.25) is 11.7 Å². The van der Waals surface area contributed by atoms with Crippen molar-refractivity contribution < 1.29 is 19.0 Å². The van der Waals surface area contributed by atoms with Crippen molar-refractivity contribution in [2.45, 2.75) is 6.92 Å². The lowest BCUT2D eigenvalue weighted by Gasteiger charge is -2.15. The van der Waals surface area contributed by atoms with E-state index in [4.69, 9.17) is 19.9 Å².